The fourth-order valence-electron chi connectivity index (χ4n) is 2.86. The summed E-state index contributed by atoms with van der Waals surface area (Å²) in [5, 5.41) is 13.1. The minimum atomic E-state index is -0.101. The molecule has 2 aromatic rings. The molecule has 2 N–H and O–H groups in total. The monoisotopic (exact) mass is 304 g/mol. The molecule has 1 amide bonds. The molecule has 4 nitrogen and oxygen atoms in total. The van der Waals surface area contributed by atoms with Crippen LogP contribution in [0.15, 0.2) is 18.2 Å². The van der Waals surface area contributed by atoms with E-state index in [2.05, 4.69) is 10.3 Å². The SMILES string of the molecule is O=C(NCCCO)c1c2c(nc3ccc(Cl)cc13)CCC2. The number of aryl methyl sites for hydroxylation is 1. The third kappa shape index (κ3) is 2.74. The van der Waals surface area contributed by atoms with Crippen LogP contribution in [0.2, 0.25) is 5.02 Å². The molecule has 1 aliphatic rings. The summed E-state index contributed by atoms with van der Waals surface area (Å²) in [6.07, 6.45) is 3.39. The molecule has 1 aromatic carbocycles. The molecule has 0 saturated carbocycles. The Hall–Kier alpha value is -1.65. The highest BCUT2D eigenvalue weighted by molar-refractivity contribution is 6.31. The Kier molecular flexibility index (Phi) is 4.08. The lowest BCUT2D eigenvalue weighted by Crippen LogP contribution is -2.26. The smallest absolute Gasteiger partial charge is 0.252 e. The molecular weight excluding hydrogens is 288 g/mol. The zero-order chi connectivity index (χ0) is 14.8. The largest absolute Gasteiger partial charge is 0.396 e. The average Bonchev–Trinajstić information content (AvgIpc) is 2.92. The lowest BCUT2D eigenvalue weighted by atomic mass is 10.0. The maximum absolute atomic E-state index is 12.5. The number of benzene rings is 1. The van der Waals surface area contributed by atoms with Gasteiger partial charge in [0.2, 0.25) is 0 Å². The van der Waals surface area contributed by atoms with Gasteiger partial charge in [0.05, 0.1) is 11.1 Å². The number of aliphatic hydroxyl groups is 1. The van der Waals surface area contributed by atoms with Crippen molar-refractivity contribution < 1.29 is 9.90 Å². The molecule has 5 heteroatoms. The molecular formula is C16H17ClN2O2. The van der Waals surface area contributed by atoms with Gasteiger partial charge >= 0.3 is 0 Å². The fourth-order valence-corrected chi connectivity index (χ4v) is 3.04. The van der Waals surface area contributed by atoms with Gasteiger partial charge in [-0.1, -0.05) is 11.6 Å². The highest BCUT2D eigenvalue weighted by Gasteiger charge is 2.23. The minimum absolute atomic E-state index is 0.0707. The number of pyridine rings is 1. The van der Waals surface area contributed by atoms with Crippen LogP contribution >= 0.6 is 11.6 Å². The lowest BCUT2D eigenvalue weighted by Gasteiger charge is -2.12. The molecule has 0 aliphatic heterocycles. The van der Waals surface area contributed by atoms with Crippen LogP contribution in [0.5, 0.6) is 0 Å². The highest BCUT2D eigenvalue weighted by Crippen LogP contribution is 2.31. The summed E-state index contributed by atoms with van der Waals surface area (Å²) >= 11 is 6.08. The van der Waals surface area contributed by atoms with E-state index >= 15 is 0 Å². The van der Waals surface area contributed by atoms with Crippen molar-refractivity contribution in [1.82, 2.24) is 10.3 Å². The Morgan fingerprint density at radius 2 is 2.24 bits per heavy atom. The Balaban J connectivity index is 2.09. The minimum Gasteiger partial charge on any atom is -0.396 e. The summed E-state index contributed by atoms with van der Waals surface area (Å²) in [6.45, 7) is 0.537. The topological polar surface area (TPSA) is 62.2 Å². The Labute approximate surface area is 128 Å². The van der Waals surface area contributed by atoms with Crippen LogP contribution in [0.4, 0.5) is 0 Å². The second-order valence-corrected chi connectivity index (χ2v) is 5.70. The van der Waals surface area contributed by atoms with E-state index in [0.717, 1.165) is 41.4 Å². The van der Waals surface area contributed by atoms with Crippen LogP contribution in [0.3, 0.4) is 0 Å². The fraction of sp³-hybridized carbons (Fsp3) is 0.375. The second kappa shape index (κ2) is 6.00. The van der Waals surface area contributed by atoms with Gasteiger partial charge in [0.1, 0.15) is 0 Å². The second-order valence-electron chi connectivity index (χ2n) is 5.26. The van der Waals surface area contributed by atoms with E-state index in [0.29, 0.717) is 23.6 Å². The third-order valence-electron chi connectivity index (χ3n) is 3.82. The molecule has 21 heavy (non-hydrogen) atoms. The summed E-state index contributed by atoms with van der Waals surface area (Å²) in [7, 11) is 0. The number of rotatable bonds is 4. The summed E-state index contributed by atoms with van der Waals surface area (Å²) in [5.41, 5.74) is 3.59. The number of nitrogens with zero attached hydrogens (tertiary/aromatic N) is 1. The number of fused-ring (bicyclic) bond motifs is 2. The van der Waals surface area contributed by atoms with Gasteiger partial charge in [-0.25, -0.2) is 0 Å². The van der Waals surface area contributed by atoms with Crippen LogP contribution in [-0.4, -0.2) is 29.1 Å². The van der Waals surface area contributed by atoms with Crippen LogP contribution < -0.4 is 5.32 Å². The van der Waals surface area contributed by atoms with Gasteiger partial charge in [-0.2, -0.15) is 0 Å². The van der Waals surface area contributed by atoms with Gasteiger partial charge in [-0.15, -0.1) is 0 Å². The molecule has 1 heterocycles. The van der Waals surface area contributed by atoms with E-state index < -0.39 is 0 Å². The summed E-state index contributed by atoms with van der Waals surface area (Å²) in [5.74, 6) is -0.101. The van der Waals surface area contributed by atoms with Crippen LogP contribution in [-0.2, 0) is 12.8 Å². The van der Waals surface area contributed by atoms with E-state index in [-0.39, 0.29) is 12.5 Å². The van der Waals surface area contributed by atoms with Gasteiger partial charge < -0.3 is 10.4 Å². The molecule has 0 spiro atoms. The first-order valence-electron chi connectivity index (χ1n) is 7.21. The number of hydrogen-bond donors (Lipinski definition) is 2. The highest BCUT2D eigenvalue weighted by atomic mass is 35.5. The summed E-state index contributed by atoms with van der Waals surface area (Å²) in [6, 6.07) is 5.47. The molecule has 1 aliphatic carbocycles. The van der Waals surface area contributed by atoms with E-state index in [1.54, 1.807) is 6.07 Å². The van der Waals surface area contributed by atoms with Crippen LogP contribution in [0.25, 0.3) is 10.9 Å². The quantitative estimate of drug-likeness (QED) is 0.853. The molecule has 3 rings (SSSR count). The maximum atomic E-state index is 12.5. The van der Waals surface area contributed by atoms with Gasteiger partial charge in [0.25, 0.3) is 5.91 Å². The van der Waals surface area contributed by atoms with Crippen molar-refractivity contribution in [3.8, 4) is 0 Å². The average molecular weight is 305 g/mol. The van der Waals surface area contributed by atoms with Crippen molar-refractivity contribution in [2.75, 3.05) is 13.2 Å². The van der Waals surface area contributed by atoms with Gasteiger partial charge in [-0.05, 0) is 49.4 Å². The van der Waals surface area contributed by atoms with Crippen molar-refractivity contribution in [3.63, 3.8) is 0 Å². The zero-order valence-electron chi connectivity index (χ0n) is 11.7. The first-order valence-corrected chi connectivity index (χ1v) is 7.58. The maximum Gasteiger partial charge on any atom is 0.252 e. The van der Waals surface area contributed by atoms with Crippen LogP contribution in [0, 0.1) is 0 Å². The number of hydrogen-bond acceptors (Lipinski definition) is 3. The van der Waals surface area contributed by atoms with E-state index in [1.165, 1.54) is 0 Å². The van der Waals surface area contributed by atoms with Crippen molar-refractivity contribution in [2.24, 2.45) is 0 Å². The van der Waals surface area contributed by atoms with Crippen molar-refractivity contribution in [1.29, 1.82) is 0 Å². The number of carbonyl (C=O) groups is 1. The first kappa shape index (κ1) is 14.3. The number of nitrogens with one attached hydrogen (secondary N) is 1. The molecule has 110 valence electrons. The van der Waals surface area contributed by atoms with Crippen molar-refractivity contribution >= 4 is 28.4 Å². The molecule has 0 bridgehead atoms. The number of amides is 1. The number of carbonyl (C=O) groups excluding carboxylic acids is 1. The first-order chi connectivity index (χ1) is 10.2. The molecule has 0 atom stereocenters. The van der Waals surface area contributed by atoms with E-state index in [9.17, 15) is 4.79 Å². The summed E-state index contributed by atoms with van der Waals surface area (Å²) in [4.78, 5) is 17.2. The predicted octanol–water partition coefficient (Wildman–Crippen LogP) is 2.49. The lowest BCUT2D eigenvalue weighted by molar-refractivity contribution is 0.0952. The predicted molar refractivity (Wildman–Crippen MR) is 82.8 cm³/mol. The van der Waals surface area contributed by atoms with Gasteiger partial charge in [0.15, 0.2) is 0 Å². The Morgan fingerprint density at radius 3 is 3.05 bits per heavy atom. The van der Waals surface area contributed by atoms with E-state index in [4.69, 9.17) is 16.7 Å². The molecule has 0 saturated heterocycles. The zero-order valence-corrected chi connectivity index (χ0v) is 12.4. The summed E-state index contributed by atoms with van der Waals surface area (Å²) < 4.78 is 0. The Bertz CT molecular complexity index is 700. The number of aliphatic hydroxyl groups excluding tert-OH is 1. The third-order valence-corrected chi connectivity index (χ3v) is 4.06. The molecule has 0 unspecified atom stereocenters. The van der Waals surface area contributed by atoms with Gasteiger partial charge in [0, 0.05) is 29.3 Å². The molecule has 1 aromatic heterocycles. The molecule has 0 fully saturated rings. The number of halogens is 1. The van der Waals surface area contributed by atoms with Crippen molar-refractivity contribution in [2.45, 2.75) is 25.7 Å². The number of aromatic nitrogens is 1. The Morgan fingerprint density at radius 1 is 1.38 bits per heavy atom. The van der Waals surface area contributed by atoms with E-state index in [1.807, 2.05) is 12.1 Å². The normalized spacial score (nSPS) is 13.4. The van der Waals surface area contributed by atoms with Gasteiger partial charge in [-0.3, -0.25) is 9.78 Å². The standard InChI is InChI=1S/C16H17ClN2O2/c17-10-5-6-14-12(9-10)15(16(21)18-7-2-8-20)11-3-1-4-13(11)19-14/h5-6,9,20H,1-4,7-8H2,(H,18,21). The van der Waals surface area contributed by atoms with Crippen LogP contribution in [0.1, 0.15) is 34.5 Å². The van der Waals surface area contributed by atoms with Crippen molar-refractivity contribution in [3.05, 3.63) is 40.0 Å². The molecule has 0 radical (unpaired) electrons.